The van der Waals surface area contributed by atoms with Crippen molar-refractivity contribution in [2.45, 2.75) is 104 Å². The lowest BCUT2D eigenvalue weighted by Gasteiger charge is -2.25. The van der Waals surface area contributed by atoms with Crippen LogP contribution in [0.4, 0.5) is 5.69 Å². The van der Waals surface area contributed by atoms with Gasteiger partial charge < -0.3 is 14.1 Å². The number of methoxy groups -OCH3 is 1. The van der Waals surface area contributed by atoms with Gasteiger partial charge in [0.15, 0.2) is 0 Å². The summed E-state index contributed by atoms with van der Waals surface area (Å²) in [5, 5.41) is 10.4. The largest absolute Gasteiger partial charge is 0.469 e. The van der Waals surface area contributed by atoms with Gasteiger partial charge in [0.05, 0.1) is 18.2 Å². The Kier molecular flexibility index (Phi) is 13.7. The van der Waals surface area contributed by atoms with Crippen molar-refractivity contribution in [2.24, 2.45) is 0 Å². The lowest BCUT2D eigenvalue weighted by atomic mass is 10.0. The van der Waals surface area contributed by atoms with Gasteiger partial charge in [-0.3, -0.25) is 4.79 Å². The summed E-state index contributed by atoms with van der Waals surface area (Å²) in [6.45, 7) is 6.42. The highest BCUT2D eigenvalue weighted by atomic mass is 16.5. The zero-order chi connectivity index (χ0) is 26.2. The first kappa shape index (κ1) is 29.4. The van der Waals surface area contributed by atoms with Gasteiger partial charge in [-0.2, -0.15) is 5.26 Å². The molecule has 0 unspecified atom stereocenters. The van der Waals surface area contributed by atoms with E-state index in [1.807, 2.05) is 18.2 Å². The van der Waals surface area contributed by atoms with Crippen LogP contribution in [0, 0.1) is 11.3 Å². The molecule has 0 bridgehead atoms. The van der Waals surface area contributed by atoms with Gasteiger partial charge in [-0.1, -0.05) is 78.1 Å². The average Bonchev–Trinajstić information content (AvgIpc) is 2.89. The van der Waals surface area contributed by atoms with Crippen LogP contribution in [0.2, 0.25) is 0 Å². The minimum Gasteiger partial charge on any atom is -0.469 e. The summed E-state index contributed by atoms with van der Waals surface area (Å²) >= 11 is 0. The number of esters is 1. The molecule has 0 spiro atoms. The number of hydrogen-bond acceptors (Lipinski definition) is 6. The quantitative estimate of drug-likeness (QED) is 0.122. The van der Waals surface area contributed by atoms with E-state index in [2.05, 4.69) is 29.6 Å². The molecule has 0 fully saturated rings. The maximum Gasteiger partial charge on any atom is 0.340 e. The standard InChI is InChI=1S/C30H44N2O4/c1-4-6-8-10-12-14-20-32(21-15-13-11-9-7-5-2)24-16-17-25-27(23-31)26(18-19-29(33)35-3)30(34)36-28(25)22-24/h16-17,22H,4-15,18-21H2,1-3H3. The van der Waals surface area contributed by atoms with E-state index in [9.17, 15) is 14.9 Å². The Balaban J connectivity index is 2.20. The maximum atomic E-state index is 12.7. The summed E-state index contributed by atoms with van der Waals surface area (Å²) in [4.78, 5) is 26.7. The molecular formula is C30H44N2O4. The van der Waals surface area contributed by atoms with Crippen molar-refractivity contribution in [2.75, 3.05) is 25.1 Å². The molecule has 6 nitrogen and oxygen atoms in total. The van der Waals surface area contributed by atoms with Gasteiger partial charge in [0.1, 0.15) is 11.7 Å². The number of benzene rings is 1. The first-order valence-electron chi connectivity index (χ1n) is 13.9. The molecule has 0 saturated carbocycles. The summed E-state index contributed by atoms with van der Waals surface area (Å²) in [6.07, 6.45) is 15.1. The summed E-state index contributed by atoms with van der Waals surface area (Å²) in [5.74, 6) is -0.422. The summed E-state index contributed by atoms with van der Waals surface area (Å²) in [6, 6.07) is 7.97. The minimum absolute atomic E-state index is 0.0316. The molecule has 0 saturated heterocycles. The molecule has 0 amide bonds. The SMILES string of the molecule is CCCCCCCCN(CCCCCCCC)c1ccc2c(C#N)c(CCC(=O)OC)c(=O)oc2c1. The number of ether oxygens (including phenoxy) is 1. The number of fused-ring (bicyclic) bond motifs is 1. The second-order valence-corrected chi connectivity index (χ2v) is 9.63. The number of nitriles is 1. The summed E-state index contributed by atoms with van der Waals surface area (Å²) in [7, 11) is 1.31. The third-order valence-corrected chi connectivity index (χ3v) is 6.83. The van der Waals surface area contributed by atoms with Gasteiger partial charge >= 0.3 is 11.6 Å². The Labute approximate surface area is 216 Å². The molecule has 0 radical (unpaired) electrons. The predicted molar refractivity (Wildman–Crippen MR) is 147 cm³/mol. The normalized spacial score (nSPS) is 10.9. The van der Waals surface area contributed by atoms with Crippen LogP contribution in [-0.4, -0.2) is 26.2 Å². The average molecular weight is 497 g/mol. The maximum absolute atomic E-state index is 12.7. The minimum atomic E-state index is -0.557. The van der Waals surface area contributed by atoms with Gasteiger partial charge in [0, 0.05) is 36.7 Å². The topological polar surface area (TPSA) is 83.5 Å². The van der Waals surface area contributed by atoms with Crippen LogP contribution in [0.15, 0.2) is 27.4 Å². The first-order valence-corrected chi connectivity index (χ1v) is 13.9. The molecule has 6 heteroatoms. The zero-order valence-corrected chi connectivity index (χ0v) is 22.6. The third kappa shape index (κ3) is 9.33. The Morgan fingerprint density at radius 1 is 0.944 bits per heavy atom. The highest BCUT2D eigenvalue weighted by Gasteiger charge is 2.17. The number of nitrogens with zero attached hydrogens (tertiary/aromatic N) is 2. The first-order chi connectivity index (χ1) is 17.5. The molecule has 0 atom stereocenters. The Morgan fingerprint density at radius 2 is 1.53 bits per heavy atom. The van der Waals surface area contributed by atoms with Crippen LogP contribution in [0.5, 0.6) is 0 Å². The Bertz CT molecular complexity index is 1020. The molecule has 0 aliphatic rings. The Hall–Kier alpha value is -2.81. The molecule has 2 aromatic rings. The highest BCUT2D eigenvalue weighted by molar-refractivity contribution is 5.87. The predicted octanol–water partition coefficient (Wildman–Crippen LogP) is 7.30. The van der Waals surface area contributed by atoms with E-state index >= 15 is 0 Å². The van der Waals surface area contributed by atoms with E-state index in [-0.39, 0.29) is 24.0 Å². The summed E-state index contributed by atoms with van der Waals surface area (Å²) in [5.41, 5.74) is 1.42. The fourth-order valence-corrected chi connectivity index (χ4v) is 4.64. The molecule has 0 N–H and O–H groups in total. The van der Waals surface area contributed by atoms with Crippen LogP contribution < -0.4 is 10.5 Å². The lowest BCUT2D eigenvalue weighted by molar-refractivity contribution is -0.140. The molecule has 36 heavy (non-hydrogen) atoms. The molecule has 0 aliphatic heterocycles. The number of carbonyl (C=O) groups excluding carboxylic acids is 1. The van der Waals surface area contributed by atoms with Crippen LogP contribution in [0.3, 0.4) is 0 Å². The van der Waals surface area contributed by atoms with E-state index in [1.165, 1.54) is 71.3 Å². The van der Waals surface area contributed by atoms with Crippen molar-refractivity contribution in [3.05, 3.63) is 39.7 Å². The van der Waals surface area contributed by atoms with Gasteiger partial charge in [0.2, 0.25) is 0 Å². The van der Waals surface area contributed by atoms with Crippen LogP contribution in [0.25, 0.3) is 11.0 Å². The van der Waals surface area contributed by atoms with E-state index < -0.39 is 11.6 Å². The van der Waals surface area contributed by atoms with Crippen LogP contribution in [-0.2, 0) is 16.0 Å². The smallest absolute Gasteiger partial charge is 0.340 e. The van der Waals surface area contributed by atoms with Gasteiger partial charge in [0.25, 0.3) is 0 Å². The number of hydrogen-bond donors (Lipinski definition) is 0. The van der Waals surface area contributed by atoms with E-state index in [4.69, 9.17) is 4.42 Å². The van der Waals surface area contributed by atoms with Crippen molar-refractivity contribution < 1.29 is 13.9 Å². The second-order valence-electron chi connectivity index (χ2n) is 9.63. The van der Waals surface area contributed by atoms with Gasteiger partial charge in [-0.25, -0.2) is 4.79 Å². The van der Waals surface area contributed by atoms with Gasteiger partial charge in [-0.05, 0) is 31.4 Å². The van der Waals surface area contributed by atoms with E-state index in [1.54, 1.807) is 0 Å². The number of unbranched alkanes of at least 4 members (excludes halogenated alkanes) is 10. The Morgan fingerprint density at radius 3 is 2.08 bits per heavy atom. The van der Waals surface area contributed by atoms with E-state index in [0.717, 1.165) is 31.6 Å². The van der Waals surface area contributed by atoms with Crippen molar-refractivity contribution >= 4 is 22.6 Å². The molecule has 1 aromatic heterocycles. The van der Waals surface area contributed by atoms with Crippen molar-refractivity contribution in [1.82, 2.24) is 0 Å². The molecule has 0 aliphatic carbocycles. The third-order valence-electron chi connectivity index (χ3n) is 6.83. The highest BCUT2D eigenvalue weighted by Crippen LogP contribution is 2.27. The van der Waals surface area contributed by atoms with Crippen molar-refractivity contribution in [1.29, 1.82) is 5.26 Å². The molecule has 2 rings (SSSR count). The molecule has 1 aromatic carbocycles. The number of anilines is 1. The monoisotopic (exact) mass is 496 g/mol. The van der Waals surface area contributed by atoms with Gasteiger partial charge in [-0.15, -0.1) is 0 Å². The molecular weight excluding hydrogens is 452 g/mol. The zero-order valence-electron chi connectivity index (χ0n) is 22.6. The molecule has 198 valence electrons. The fourth-order valence-electron chi connectivity index (χ4n) is 4.64. The number of rotatable bonds is 18. The second kappa shape index (κ2) is 16.8. The number of carbonyl (C=O) groups is 1. The lowest BCUT2D eigenvalue weighted by Crippen LogP contribution is -2.25. The fraction of sp³-hybridized carbons (Fsp3) is 0.633. The van der Waals surface area contributed by atoms with Crippen molar-refractivity contribution in [3.63, 3.8) is 0 Å². The molecule has 1 heterocycles. The van der Waals surface area contributed by atoms with Crippen LogP contribution in [0.1, 0.15) is 108 Å². The van der Waals surface area contributed by atoms with E-state index in [0.29, 0.717) is 11.0 Å². The van der Waals surface area contributed by atoms with Crippen molar-refractivity contribution in [3.8, 4) is 6.07 Å². The summed E-state index contributed by atoms with van der Waals surface area (Å²) < 4.78 is 10.3. The van der Waals surface area contributed by atoms with Crippen LogP contribution >= 0.6 is 0 Å².